The van der Waals surface area contributed by atoms with E-state index in [-0.39, 0.29) is 5.69 Å². The molecule has 0 fully saturated rings. The summed E-state index contributed by atoms with van der Waals surface area (Å²) in [7, 11) is 4.64. The fourth-order valence-corrected chi connectivity index (χ4v) is 1.11. The summed E-state index contributed by atoms with van der Waals surface area (Å²) in [6.07, 6.45) is 0.588. The summed E-state index contributed by atoms with van der Waals surface area (Å²) in [4.78, 5) is 11.2. The van der Waals surface area contributed by atoms with Crippen molar-refractivity contribution in [2.24, 2.45) is 7.05 Å². The fraction of sp³-hybridized carbons (Fsp3) is 0.625. The number of hydrogen-bond donors (Lipinski definition) is 0. The van der Waals surface area contributed by atoms with Crippen molar-refractivity contribution in [2.75, 3.05) is 20.8 Å². The Bertz CT molecular complexity index is 322. The van der Waals surface area contributed by atoms with E-state index in [1.165, 1.54) is 7.11 Å². The van der Waals surface area contributed by atoms with Crippen LogP contribution in [0.25, 0.3) is 0 Å². The van der Waals surface area contributed by atoms with Gasteiger partial charge in [0.2, 0.25) is 0 Å². The highest BCUT2D eigenvalue weighted by Crippen LogP contribution is 2.06. The molecule has 0 bridgehead atoms. The van der Waals surface area contributed by atoms with Gasteiger partial charge in [0.25, 0.3) is 0 Å². The molecule has 6 nitrogen and oxygen atoms in total. The molecular weight excluding hydrogens is 186 g/mol. The topological polar surface area (TPSA) is 66.2 Å². The zero-order valence-electron chi connectivity index (χ0n) is 8.48. The summed E-state index contributed by atoms with van der Waals surface area (Å²) in [5.74, 6) is -0.468. The van der Waals surface area contributed by atoms with Gasteiger partial charge >= 0.3 is 5.97 Å². The predicted octanol–water partition coefficient (Wildman–Crippen LogP) is -0.209. The van der Waals surface area contributed by atoms with Gasteiger partial charge in [-0.05, 0) is 0 Å². The van der Waals surface area contributed by atoms with Crippen LogP contribution < -0.4 is 0 Å². The van der Waals surface area contributed by atoms with Gasteiger partial charge < -0.3 is 9.47 Å². The normalized spacial score (nSPS) is 10.2. The maximum Gasteiger partial charge on any atom is 0.360 e. The predicted molar refractivity (Wildman–Crippen MR) is 47.9 cm³/mol. The van der Waals surface area contributed by atoms with Crippen molar-refractivity contribution in [2.45, 2.75) is 6.42 Å². The Kier molecular flexibility index (Phi) is 3.58. The molecule has 1 heterocycles. The molecule has 0 amide bonds. The monoisotopic (exact) mass is 199 g/mol. The average Bonchev–Trinajstić information content (AvgIpc) is 2.56. The molecular formula is C8H13N3O3. The van der Waals surface area contributed by atoms with E-state index in [0.717, 1.165) is 5.69 Å². The van der Waals surface area contributed by atoms with Gasteiger partial charge in [0.15, 0.2) is 5.69 Å². The second-order valence-corrected chi connectivity index (χ2v) is 2.74. The Balaban J connectivity index is 2.88. The van der Waals surface area contributed by atoms with Gasteiger partial charge in [-0.2, -0.15) is 0 Å². The third kappa shape index (κ3) is 2.08. The first-order valence-electron chi connectivity index (χ1n) is 4.16. The molecule has 0 radical (unpaired) electrons. The summed E-state index contributed by atoms with van der Waals surface area (Å²) in [6, 6.07) is 0. The van der Waals surface area contributed by atoms with E-state index in [2.05, 4.69) is 15.0 Å². The molecule has 0 saturated carbocycles. The Hall–Kier alpha value is -1.43. The van der Waals surface area contributed by atoms with Crippen LogP contribution in [0.2, 0.25) is 0 Å². The molecule has 6 heteroatoms. The number of hydrogen-bond acceptors (Lipinski definition) is 5. The van der Waals surface area contributed by atoms with Crippen LogP contribution in [0, 0.1) is 0 Å². The van der Waals surface area contributed by atoms with Crippen LogP contribution in [-0.2, 0) is 22.9 Å². The summed E-state index contributed by atoms with van der Waals surface area (Å²) < 4.78 is 11.0. The van der Waals surface area contributed by atoms with Crippen LogP contribution in [-0.4, -0.2) is 41.8 Å². The molecule has 1 aromatic heterocycles. The van der Waals surface area contributed by atoms with E-state index in [4.69, 9.17) is 4.74 Å². The largest absolute Gasteiger partial charge is 0.464 e. The number of aryl methyl sites for hydroxylation is 1. The highest BCUT2D eigenvalue weighted by molar-refractivity contribution is 5.88. The Morgan fingerprint density at radius 1 is 1.50 bits per heavy atom. The van der Waals surface area contributed by atoms with Crippen molar-refractivity contribution >= 4 is 5.97 Å². The average molecular weight is 199 g/mol. The highest BCUT2D eigenvalue weighted by atomic mass is 16.5. The number of ether oxygens (including phenoxy) is 2. The lowest BCUT2D eigenvalue weighted by Gasteiger charge is -2.01. The molecule has 0 aliphatic rings. The van der Waals surface area contributed by atoms with E-state index in [9.17, 15) is 4.79 Å². The molecule has 0 atom stereocenters. The minimum Gasteiger partial charge on any atom is -0.464 e. The number of methoxy groups -OCH3 is 2. The lowest BCUT2D eigenvalue weighted by Crippen LogP contribution is -2.09. The van der Waals surface area contributed by atoms with Crippen LogP contribution in [0.15, 0.2) is 0 Å². The first kappa shape index (κ1) is 10.6. The lowest BCUT2D eigenvalue weighted by molar-refractivity contribution is 0.0592. The number of carbonyl (C=O) groups excluding carboxylic acids is 1. The summed E-state index contributed by atoms with van der Waals surface area (Å²) in [5.41, 5.74) is 0.978. The quantitative estimate of drug-likeness (QED) is 0.628. The minimum atomic E-state index is -0.468. The molecule has 0 aliphatic carbocycles. The van der Waals surface area contributed by atoms with Crippen molar-refractivity contribution in [3.05, 3.63) is 11.4 Å². The Labute approximate surface area is 81.8 Å². The number of esters is 1. The molecule has 0 aromatic carbocycles. The Morgan fingerprint density at radius 3 is 2.79 bits per heavy atom. The SMILES string of the molecule is COCCc1c(C(=O)OC)nnn1C. The van der Waals surface area contributed by atoms with E-state index >= 15 is 0 Å². The second kappa shape index (κ2) is 4.71. The molecule has 14 heavy (non-hydrogen) atoms. The smallest absolute Gasteiger partial charge is 0.360 e. The van der Waals surface area contributed by atoms with Crippen LogP contribution in [0.1, 0.15) is 16.2 Å². The zero-order chi connectivity index (χ0) is 10.6. The Morgan fingerprint density at radius 2 is 2.21 bits per heavy atom. The molecule has 0 aliphatic heterocycles. The summed E-state index contributed by atoms with van der Waals surface area (Å²) in [5, 5.41) is 7.47. The van der Waals surface area contributed by atoms with Crippen LogP contribution >= 0.6 is 0 Å². The van der Waals surface area contributed by atoms with Gasteiger partial charge in [-0.25, -0.2) is 4.79 Å². The minimum absolute atomic E-state index is 0.257. The van der Waals surface area contributed by atoms with Crippen LogP contribution in [0.3, 0.4) is 0 Å². The highest BCUT2D eigenvalue weighted by Gasteiger charge is 2.17. The van der Waals surface area contributed by atoms with Crippen LogP contribution in [0.5, 0.6) is 0 Å². The summed E-state index contributed by atoms with van der Waals surface area (Å²) in [6.45, 7) is 0.519. The molecule has 0 saturated heterocycles. The van der Waals surface area contributed by atoms with Crippen molar-refractivity contribution < 1.29 is 14.3 Å². The molecule has 0 unspecified atom stereocenters. The number of nitrogens with zero attached hydrogens (tertiary/aromatic N) is 3. The van der Waals surface area contributed by atoms with E-state index in [1.54, 1.807) is 18.8 Å². The van der Waals surface area contributed by atoms with Crippen molar-refractivity contribution in [3.63, 3.8) is 0 Å². The van der Waals surface area contributed by atoms with Gasteiger partial charge in [0.05, 0.1) is 19.4 Å². The maximum atomic E-state index is 11.2. The van der Waals surface area contributed by atoms with E-state index in [1.807, 2.05) is 0 Å². The van der Waals surface area contributed by atoms with Gasteiger partial charge in [0, 0.05) is 20.6 Å². The molecule has 1 rings (SSSR count). The zero-order valence-corrected chi connectivity index (χ0v) is 8.48. The van der Waals surface area contributed by atoms with Gasteiger partial charge in [-0.15, -0.1) is 5.10 Å². The number of rotatable bonds is 4. The van der Waals surface area contributed by atoms with E-state index in [0.29, 0.717) is 13.0 Å². The number of aromatic nitrogens is 3. The lowest BCUT2D eigenvalue weighted by atomic mass is 10.2. The van der Waals surface area contributed by atoms with Crippen molar-refractivity contribution in [1.29, 1.82) is 0 Å². The van der Waals surface area contributed by atoms with Crippen molar-refractivity contribution in [3.8, 4) is 0 Å². The maximum absolute atomic E-state index is 11.2. The number of carbonyl (C=O) groups is 1. The molecule has 0 spiro atoms. The van der Waals surface area contributed by atoms with Crippen LogP contribution in [0.4, 0.5) is 0 Å². The fourth-order valence-electron chi connectivity index (χ4n) is 1.11. The molecule has 1 aromatic rings. The molecule has 78 valence electrons. The second-order valence-electron chi connectivity index (χ2n) is 2.74. The van der Waals surface area contributed by atoms with Gasteiger partial charge in [0.1, 0.15) is 0 Å². The van der Waals surface area contributed by atoms with Crippen molar-refractivity contribution in [1.82, 2.24) is 15.0 Å². The molecule has 0 N–H and O–H groups in total. The first-order chi connectivity index (χ1) is 6.70. The first-order valence-corrected chi connectivity index (χ1v) is 4.16. The van der Waals surface area contributed by atoms with Gasteiger partial charge in [-0.1, -0.05) is 5.21 Å². The van der Waals surface area contributed by atoms with Gasteiger partial charge in [-0.3, -0.25) is 4.68 Å². The standard InChI is InChI=1S/C8H13N3O3/c1-11-6(4-5-13-2)7(9-10-11)8(12)14-3/h4-5H2,1-3H3. The third-order valence-electron chi connectivity index (χ3n) is 1.86. The summed E-state index contributed by atoms with van der Waals surface area (Å²) >= 11 is 0. The van der Waals surface area contributed by atoms with E-state index < -0.39 is 5.97 Å². The third-order valence-corrected chi connectivity index (χ3v) is 1.86.